The van der Waals surface area contributed by atoms with Crippen LogP contribution in [0.5, 0.6) is 5.75 Å². The highest BCUT2D eigenvalue weighted by Gasteiger charge is 2.11. The minimum Gasteiger partial charge on any atom is -0.504 e. The van der Waals surface area contributed by atoms with Gasteiger partial charge in [0, 0.05) is 0 Å². The van der Waals surface area contributed by atoms with Gasteiger partial charge in [-0.3, -0.25) is 4.84 Å². The molecule has 0 bridgehead atoms. The lowest BCUT2D eigenvalue weighted by atomic mass is 10.2. The zero-order chi connectivity index (χ0) is 9.14. The number of halogens is 2. The predicted octanol–water partition coefficient (Wildman–Crippen LogP) is 1.06. The number of benzene rings is 1. The highest BCUT2D eigenvalue weighted by Crippen LogP contribution is 2.23. The Morgan fingerprint density at radius 1 is 1.33 bits per heavy atom. The smallest absolute Gasteiger partial charge is 0.165 e. The van der Waals surface area contributed by atoms with E-state index in [1.165, 1.54) is 0 Å². The zero-order valence-electron chi connectivity index (χ0n) is 6.05. The molecule has 0 spiro atoms. The average Bonchev–Trinajstić information content (AvgIpc) is 2.06. The van der Waals surface area contributed by atoms with Crippen LogP contribution < -0.4 is 5.90 Å². The summed E-state index contributed by atoms with van der Waals surface area (Å²) in [6.45, 7) is -0.366. The third-order valence-electron chi connectivity index (χ3n) is 1.40. The molecule has 0 atom stereocenters. The van der Waals surface area contributed by atoms with Gasteiger partial charge in [0.1, 0.15) is 5.82 Å². The second-order valence-corrected chi connectivity index (χ2v) is 2.17. The molecule has 3 nitrogen and oxygen atoms in total. The summed E-state index contributed by atoms with van der Waals surface area (Å²) >= 11 is 0. The van der Waals surface area contributed by atoms with Crippen LogP contribution in [0.3, 0.4) is 0 Å². The molecule has 0 aliphatic rings. The lowest BCUT2D eigenvalue weighted by molar-refractivity contribution is 0.119. The largest absolute Gasteiger partial charge is 0.504 e. The molecular weight excluding hydrogens is 168 g/mol. The van der Waals surface area contributed by atoms with Gasteiger partial charge in [0.2, 0.25) is 0 Å². The molecule has 0 saturated carbocycles. The number of phenols is 1. The Hall–Kier alpha value is -1.20. The van der Waals surface area contributed by atoms with E-state index in [2.05, 4.69) is 10.7 Å². The third-order valence-corrected chi connectivity index (χ3v) is 1.40. The fourth-order valence-corrected chi connectivity index (χ4v) is 0.804. The first-order valence-corrected chi connectivity index (χ1v) is 3.14. The maximum atomic E-state index is 12.8. The van der Waals surface area contributed by atoms with Gasteiger partial charge in [0.05, 0.1) is 12.2 Å². The normalized spacial score (nSPS) is 10.2. The van der Waals surface area contributed by atoms with Gasteiger partial charge in [-0.25, -0.2) is 14.7 Å². The molecular formula is C7H7F2NO2. The van der Waals surface area contributed by atoms with Gasteiger partial charge in [-0.1, -0.05) is 0 Å². The number of phenolic OH excluding ortho intramolecular Hbond substituents is 1. The van der Waals surface area contributed by atoms with Crippen LogP contribution in [0.1, 0.15) is 5.56 Å². The van der Waals surface area contributed by atoms with Gasteiger partial charge >= 0.3 is 0 Å². The second-order valence-electron chi connectivity index (χ2n) is 2.17. The van der Waals surface area contributed by atoms with E-state index in [0.717, 1.165) is 12.1 Å². The van der Waals surface area contributed by atoms with Crippen molar-refractivity contribution in [3.63, 3.8) is 0 Å². The number of hydrogen-bond acceptors (Lipinski definition) is 3. The molecule has 5 heteroatoms. The standard InChI is InChI=1S/C7H7F2NO2/c8-5-1-2-6(9)7(11)4(5)3-12-10/h1-2,11H,3,10H2. The summed E-state index contributed by atoms with van der Waals surface area (Å²) in [5.41, 5.74) is -0.280. The van der Waals surface area contributed by atoms with Crippen molar-refractivity contribution >= 4 is 0 Å². The molecule has 3 N–H and O–H groups in total. The molecule has 66 valence electrons. The average molecular weight is 175 g/mol. The van der Waals surface area contributed by atoms with Crippen molar-refractivity contribution in [3.05, 3.63) is 29.3 Å². The quantitative estimate of drug-likeness (QED) is 0.661. The van der Waals surface area contributed by atoms with Crippen molar-refractivity contribution in [2.75, 3.05) is 0 Å². The molecule has 12 heavy (non-hydrogen) atoms. The Kier molecular flexibility index (Phi) is 2.57. The van der Waals surface area contributed by atoms with E-state index in [1.807, 2.05) is 0 Å². The van der Waals surface area contributed by atoms with Gasteiger partial charge in [0.25, 0.3) is 0 Å². The number of rotatable bonds is 2. The topological polar surface area (TPSA) is 55.5 Å². The minimum atomic E-state index is -0.900. The Morgan fingerprint density at radius 3 is 2.50 bits per heavy atom. The first kappa shape index (κ1) is 8.89. The molecule has 0 unspecified atom stereocenters. The van der Waals surface area contributed by atoms with Crippen molar-refractivity contribution < 1.29 is 18.7 Å². The fourth-order valence-electron chi connectivity index (χ4n) is 0.804. The molecule has 0 saturated heterocycles. The maximum absolute atomic E-state index is 12.8. The van der Waals surface area contributed by atoms with Crippen molar-refractivity contribution in [1.82, 2.24) is 0 Å². The van der Waals surface area contributed by atoms with E-state index in [-0.39, 0.29) is 12.2 Å². The SMILES string of the molecule is NOCc1c(F)ccc(F)c1O. The number of hydrogen-bond donors (Lipinski definition) is 2. The van der Waals surface area contributed by atoms with E-state index in [1.54, 1.807) is 0 Å². The summed E-state index contributed by atoms with van der Waals surface area (Å²) in [6.07, 6.45) is 0. The lowest BCUT2D eigenvalue weighted by Gasteiger charge is -2.04. The summed E-state index contributed by atoms with van der Waals surface area (Å²) in [7, 11) is 0. The predicted molar refractivity (Wildman–Crippen MR) is 37.0 cm³/mol. The lowest BCUT2D eigenvalue weighted by Crippen LogP contribution is -2.02. The van der Waals surface area contributed by atoms with Crippen molar-refractivity contribution in [2.45, 2.75) is 6.61 Å². The first-order valence-electron chi connectivity index (χ1n) is 3.14. The van der Waals surface area contributed by atoms with Gasteiger partial charge in [-0.2, -0.15) is 0 Å². The Balaban J connectivity index is 3.14. The van der Waals surface area contributed by atoms with Crippen LogP contribution in [-0.4, -0.2) is 5.11 Å². The van der Waals surface area contributed by atoms with Crippen LogP contribution in [0.2, 0.25) is 0 Å². The highest BCUT2D eigenvalue weighted by atomic mass is 19.1. The molecule has 0 aliphatic heterocycles. The van der Waals surface area contributed by atoms with Crippen LogP contribution in [0.25, 0.3) is 0 Å². The van der Waals surface area contributed by atoms with Crippen LogP contribution in [0.15, 0.2) is 12.1 Å². The van der Waals surface area contributed by atoms with Crippen LogP contribution in [-0.2, 0) is 11.4 Å². The van der Waals surface area contributed by atoms with Gasteiger partial charge < -0.3 is 5.11 Å². The van der Waals surface area contributed by atoms with Crippen LogP contribution in [0, 0.1) is 11.6 Å². The molecule has 0 aliphatic carbocycles. The minimum absolute atomic E-state index is 0.280. The Morgan fingerprint density at radius 2 is 1.92 bits per heavy atom. The molecule has 1 aromatic rings. The van der Waals surface area contributed by atoms with E-state index >= 15 is 0 Å². The van der Waals surface area contributed by atoms with Gasteiger partial charge in [-0.05, 0) is 12.1 Å². The zero-order valence-corrected chi connectivity index (χ0v) is 6.05. The maximum Gasteiger partial charge on any atom is 0.165 e. The number of nitrogens with two attached hydrogens (primary N) is 1. The molecule has 0 radical (unpaired) electrons. The Bertz CT molecular complexity index is 291. The molecule has 0 aromatic heterocycles. The molecule has 0 amide bonds. The molecule has 0 fully saturated rings. The summed E-state index contributed by atoms with van der Waals surface area (Å²) < 4.78 is 25.3. The van der Waals surface area contributed by atoms with Crippen LogP contribution >= 0.6 is 0 Å². The summed E-state index contributed by atoms with van der Waals surface area (Å²) in [5.74, 6) is 2.23. The molecule has 1 rings (SSSR count). The fraction of sp³-hybridized carbons (Fsp3) is 0.143. The van der Waals surface area contributed by atoms with Crippen molar-refractivity contribution in [1.29, 1.82) is 0 Å². The Labute approximate surface area is 67.3 Å². The van der Waals surface area contributed by atoms with E-state index < -0.39 is 17.4 Å². The van der Waals surface area contributed by atoms with Crippen molar-refractivity contribution in [2.24, 2.45) is 5.90 Å². The third kappa shape index (κ3) is 1.51. The van der Waals surface area contributed by atoms with Gasteiger partial charge in [-0.15, -0.1) is 0 Å². The van der Waals surface area contributed by atoms with E-state index in [9.17, 15) is 8.78 Å². The van der Waals surface area contributed by atoms with E-state index in [0.29, 0.717) is 0 Å². The van der Waals surface area contributed by atoms with E-state index in [4.69, 9.17) is 5.11 Å². The number of aromatic hydroxyl groups is 1. The second kappa shape index (κ2) is 3.46. The van der Waals surface area contributed by atoms with Gasteiger partial charge in [0.15, 0.2) is 11.6 Å². The molecule has 0 heterocycles. The molecule has 1 aromatic carbocycles. The highest BCUT2D eigenvalue weighted by molar-refractivity contribution is 5.34. The first-order chi connectivity index (χ1) is 5.66. The van der Waals surface area contributed by atoms with Crippen molar-refractivity contribution in [3.8, 4) is 5.75 Å². The summed E-state index contributed by atoms with van der Waals surface area (Å²) in [6, 6.07) is 1.72. The monoisotopic (exact) mass is 175 g/mol. The summed E-state index contributed by atoms with van der Waals surface area (Å²) in [4.78, 5) is 4.08. The van der Waals surface area contributed by atoms with Crippen LogP contribution in [0.4, 0.5) is 8.78 Å². The summed E-state index contributed by atoms with van der Waals surface area (Å²) in [5, 5.41) is 8.96.